The maximum absolute atomic E-state index is 6.27. The highest BCUT2D eigenvalue weighted by molar-refractivity contribution is 5.34. The minimum Gasteiger partial charge on any atom is -0.380 e. The van der Waals surface area contributed by atoms with Crippen LogP contribution in [0.5, 0.6) is 0 Å². The summed E-state index contributed by atoms with van der Waals surface area (Å²) in [6, 6.07) is 6.44. The van der Waals surface area contributed by atoms with Gasteiger partial charge < -0.3 is 10.5 Å². The van der Waals surface area contributed by atoms with Gasteiger partial charge in [0.05, 0.1) is 6.10 Å². The Bertz CT molecular complexity index is 340. The summed E-state index contributed by atoms with van der Waals surface area (Å²) in [5.41, 5.74) is 10.3. The molecule has 0 fully saturated rings. The van der Waals surface area contributed by atoms with E-state index in [2.05, 4.69) is 45.9 Å². The third kappa shape index (κ3) is 3.55. The molecule has 2 atom stereocenters. The van der Waals surface area contributed by atoms with Crippen LogP contribution in [0.1, 0.15) is 30.5 Å². The van der Waals surface area contributed by atoms with Crippen LogP contribution in [0, 0.1) is 19.8 Å². The molecule has 0 heterocycles. The van der Waals surface area contributed by atoms with Gasteiger partial charge in [0.1, 0.15) is 0 Å². The first-order valence-corrected chi connectivity index (χ1v) is 6.30. The van der Waals surface area contributed by atoms with Gasteiger partial charge in [-0.25, -0.2) is 0 Å². The number of ether oxygens (including phenoxy) is 1. The molecule has 2 heteroatoms. The maximum atomic E-state index is 6.27. The van der Waals surface area contributed by atoms with Gasteiger partial charge in [-0.1, -0.05) is 32.0 Å². The smallest absolute Gasteiger partial charge is 0.0748 e. The molecule has 0 radical (unpaired) electrons. The summed E-state index contributed by atoms with van der Waals surface area (Å²) < 4.78 is 5.50. The lowest BCUT2D eigenvalue weighted by atomic mass is 9.91. The first-order valence-electron chi connectivity index (χ1n) is 6.30. The summed E-state index contributed by atoms with van der Waals surface area (Å²) in [6.07, 6.45) is 1.00. The van der Waals surface area contributed by atoms with Crippen LogP contribution < -0.4 is 5.73 Å². The Kier molecular flexibility index (Phi) is 5.16. The summed E-state index contributed by atoms with van der Waals surface area (Å²) in [4.78, 5) is 0. The predicted octanol–water partition coefficient (Wildman–Crippen LogP) is 2.84. The van der Waals surface area contributed by atoms with E-state index in [4.69, 9.17) is 10.5 Å². The van der Waals surface area contributed by atoms with Crippen molar-refractivity contribution in [2.75, 3.05) is 7.11 Å². The number of benzene rings is 1. The molecule has 2 N–H and O–H groups in total. The maximum Gasteiger partial charge on any atom is 0.0748 e. The quantitative estimate of drug-likeness (QED) is 0.851. The van der Waals surface area contributed by atoms with Crippen LogP contribution in [-0.4, -0.2) is 19.3 Å². The van der Waals surface area contributed by atoms with Crippen molar-refractivity contribution >= 4 is 0 Å². The second-order valence-corrected chi connectivity index (χ2v) is 5.18. The molecule has 0 bridgehead atoms. The Morgan fingerprint density at radius 2 is 1.71 bits per heavy atom. The predicted molar refractivity (Wildman–Crippen MR) is 73.2 cm³/mol. The Balaban J connectivity index is 2.83. The molecule has 96 valence electrons. The van der Waals surface area contributed by atoms with Crippen molar-refractivity contribution in [1.82, 2.24) is 0 Å². The molecular weight excluding hydrogens is 210 g/mol. The molecule has 17 heavy (non-hydrogen) atoms. The summed E-state index contributed by atoms with van der Waals surface area (Å²) in [5.74, 6) is 0.444. The number of hydrogen-bond acceptors (Lipinski definition) is 2. The number of hydrogen-bond donors (Lipinski definition) is 1. The van der Waals surface area contributed by atoms with Crippen LogP contribution in [0.25, 0.3) is 0 Å². The van der Waals surface area contributed by atoms with Crippen LogP contribution in [0.4, 0.5) is 0 Å². The minimum atomic E-state index is 0.0554. The number of aryl methyl sites for hydroxylation is 2. The van der Waals surface area contributed by atoms with Crippen LogP contribution in [0.15, 0.2) is 18.2 Å². The van der Waals surface area contributed by atoms with Crippen LogP contribution in [0.2, 0.25) is 0 Å². The van der Waals surface area contributed by atoms with E-state index >= 15 is 0 Å². The zero-order chi connectivity index (χ0) is 13.0. The molecule has 0 saturated carbocycles. The molecule has 1 aromatic rings. The molecule has 1 rings (SSSR count). The van der Waals surface area contributed by atoms with Crippen molar-refractivity contribution < 1.29 is 4.74 Å². The van der Waals surface area contributed by atoms with Crippen LogP contribution in [-0.2, 0) is 11.2 Å². The van der Waals surface area contributed by atoms with Gasteiger partial charge in [-0.2, -0.15) is 0 Å². The summed E-state index contributed by atoms with van der Waals surface area (Å²) in [5, 5.41) is 0. The van der Waals surface area contributed by atoms with E-state index in [1.54, 1.807) is 7.11 Å². The highest BCUT2D eigenvalue weighted by atomic mass is 16.5. The highest BCUT2D eigenvalue weighted by Crippen LogP contribution is 2.18. The molecular formula is C15H25NO. The van der Waals surface area contributed by atoms with E-state index < -0.39 is 0 Å². The standard InChI is InChI=1S/C15H25NO/c1-10(2)15(17-5)14(16)9-13-11(3)7-6-8-12(13)4/h6-8,10,14-15H,9,16H2,1-5H3. The fourth-order valence-corrected chi connectivity index (χ4v) is 2.46. The lowest BCUT2D eigenvalue weighted by Gasteiger charge is -2.27. The molecule has 2 nitrogen and oxygen atoms in total. The molecule has 1 aromatic carbocycles. The molecule has 0 saturated heterocycles. The SMILES string of the molecule is COC(C(C)C)C(N)Cc1c(C)cccc1C. The Morgan fingerprint density at radius 1 is 1.18 bits per heavy atom. The van der Waals surface area contributed by atoms with E-state index in [9.17, 15) is 0 Å². The molecule has 0 aliphatic rings. The van der Waals surface area contributed by atoms with Crippen molar-refractivity contribution in [2.45, 2.75) is 46.3 Å². The van der Waals surface area contributed by atoms with Crippen LogP contribution >= 0.6 is 0 Å². The second kappa shape index (κ2) is 6.18. The Morgan fingerprint density at radius 3 is 2.12 bits per heavy atom. The first kappa shape index (κ1) is 14.2. The Hall–Kier alpha value is -0.860. The highest BCUT2D eigenvalue weighted by Gasteiger charge is 2.22. The third-order valence-electron chi connectivity index (χ3n) is 3.44. The minimum absolute atomic E-state index is 0.0554. The lowest BCUT2D eigenvalue weighted by molar-refractivity contribution is 0.0441. The van der Waals surface area contributed by atoms with Gasteiger partial charge in [-0.05, 0) is 42.9 Å². The van der Waals surface area contributed by atoms with Crippen molar-refractivity contribution in [2.24, 2.45) is 11.7 Å². The second-order valence-electron chi connectivity index (χ2n) is 5.18. The normalized spacial score (nSPS) is 15.0. The number of rotatable bonds is 5. The van der Waals surface area contributed by atoms with Crippen molar-refractivity contribution in [3.63, 3.8) is 0 Å². The number of methoxy groups -OCH3 is 1. The van der Waals surface area contributed by atoms with Crippen molar-refractivity contribution in [3.05, 3.63) is 34.9 Å². The molecule has 0 spiro atoms. The molecule has 2 unspecified atom stereocenters. The van der Waals surface area contributed by atoms with Gasteiger partial charge in [0.15, 0.2) is 0 Å². The molecule has 0 aromatic heterocycles. The topological polar surface area (TPSA) is 35.2 Å². The fraction of sp³-hybridized carbons (Fsp3) is 0.600. The average molecular weight is 235 g/mol. The van der Waals surface area contributed by atoms with E-state index in [1.807, 2.05) is 0 Å². The van der Waals surface area contributed by atoms with E-state index in [0.717, 1.165) is 6.42 Å². The zero-order valence-corrected chi connectivity index (χ0v) is 11.7. The lowest BCUT2D eigenvalue weighted by Crippen LogP contribution is -2.41. The molecule has 0 aliphatic carbocycles. The largest absolute Gasteiger partial charge is 0.380 e. The van der Waals surface area contributed by atoms with Crippen molar-refractivity contribution in [3.8, 4) is 0 Å². The Labute approximate surface area is 105 Å². The van der Waals surface area contributed by atoms with E-state index in [-0.39, 0.29) is 12.1 Å². The van der Waals surface area contributed by atoms with Gasteiger partial charge >= 0.3 is 0 Å². The third-order valence-corrected chi connectivity index (χ3v) is 3.44. The van der Waals surface area contributed by atoms with E-state index in [0.29, 0.717) is 5.92 Å². The summed E-state index contributed by atoms with van der Waals surface area (Å²) in [6.45, 7) is 8.59. The van der Waals surface area contributed by atoms with Gasteiger partial charge in [0, 0.05) is 13.2 Å². The summed E-state index contributed by atoms with van der Waals surface area (Å²) in [7, 11) is 1.75. The van der Waals surface area contributed by atoms with Gasteiger partial charge in [0.2, 0.25) is 0 Å². The number of nitrogens with two attached hydrogens (primary N) is 1. The summed E-state index contributed by atoms with van der Waals surface area (Å²) >= 11 is 0. The monoisotopic (exact) mass is 235 g/mol. The first-order chi connectivity index (χ1) is 7.97. The van der Waals surface area contributed by atoms with Crippen LogP contribution in [0.3, 0.4) is 0 Å². The average Bonchev–Trinajstić information content (AvgIpc) is 2.24. The van der Waals surface area contributed by atoms with Gasteiger partial charge in [-0.15, -0.1) is 0 Å². The van der Waals surface area contributed by atoms with E-state index in [1.165, 1.54) is 16.7 Å². The molecule has 0 amide bonds. The van der Waals surface area contributed by atoms with Crippen molar-refractivity contribution in [1.29, 1.82) is 0 Å². The zero-order valence-electron chi connectivity index (χ0n) is 11.7. The molecule has 0 aliphatic heterocycles. The van der Waals surface area contributed by atoms with Gasteiger partial charge in [-0.3, -0.25) is 0 Å². The fourth-order valence-electron chi connectivity index (χ4n) is 2.46. The van der Waals surface area contributed by atoms with Gasteiger partial charge in [0.25, 0.3) is 0 Å².